The zero-order valence-electron chi connectivity index (χ0n) is 19.5. The van der Waals surface area contributed by atoms with Crippen LogP contribution in [0.25, 0.3) is 0 Å². The molecule has 0 unspecified atom stereocenters. The normalized spacial score (nSPS) is 25.4. The van der Waals surface area contributed by atoms with E-state index in [2.05, 4.69) is 0 Å². The average Bonchev–Trinajstić information content (AvgIpc) is 2.87. The summed E-state index contributed by atoms with van der Waals surface area (Å²) < 4.78 is 68.6. The van der Waals surface area contributed by atoms with Gasteiger partial charge in [-0.15, -0.1) is 0 Å². The van der Waals surface area contributed by atoms with Crippen LogP contribution in [-0.2, 0) is 11.3 Å². The molecule has 2 aromatic carbocycles. The van der Waals surface area contributed by atoms with Gasteiger partial charge in [-0.1, -0.05) is 12.1 Å². The van der Waals surface area contributed by atoms with Crippen LogP contribution in [0.5, 0.6) is 5.75 Å². The highest BCUT2D eigenvalue weighted by Crippen LogP contribution is 2.41. The average molecular weight is 481 g/mol. The Labute approximate surface area is 198 Å². The SMILES string of the molecule is COc1ccc(COC2CCC(c3ccc(C4CCC(CO)CC4)c(F)c3F)CC2)c(F)c1F. The Hall–Kier alpha value is -2.12. The van der Waals surface area contributed by atoms with Gasteiger partial charge >= 0.3 is 0 Å². The summed E-state index contributed by atoms with van der Waals surface area (Å²) in [4.78, 5) is 0. The lowest BCUT2D eigenvalue weighted by atomic mass is 9.77. The highest BCUT2D eigenvalue weighted by atomic mass is 19.2. The summed E-state index contributed by atoms with van der Waals surface area (Å²) in [5.41, 5.74) is 0.979. The minimum atomic E-state index is -1.03. The summed E-state index contributed by atoms with van der Waals surface area (Å²) >= 11 is 0. The van der Waals surface area contributed by atoms with Crippen molar-refractivity contribution in [2.45, 2.75) is 75.9 Å². The summed E-state index contributed by atoms with van der Waals surface area (Å²) in [5.74, 6) is -3.48. The van der Waals surface area contributed by atoms with Gasteiger partial charge in [0.15, 0.2) is 23.2 Å². The third-order valence-electron chi connectivity index (χ3n) is 7.62. The molecule has 2 saturated carbocycles. The Kier molecular flexibility index (Phi) is 8.14. The second kappa shape index (κ2) is 11.1. The van der Waals surface area contributed by atoms with Crippen molar-refractivity contribution in [2.75, 3.05) is 13.7 Å². The van der Waals surface area contributed by atoms with E-state index < -0.39 is 23.3 Å². The molecule has 1 N–H and O–H groups in total. The number of halogens is 4. The second-order valence-corrected chi connectivity index (χ2v) is 9.61. The van der Waals surface area contributed by atoms with E-state index in [1.54, 1.807) is 12.1 Å². The maximum absolute atomic E-state index is 15.0. The fourth-order valence-electron chi connectivity index (χ4n) is 5.45. The summed E-state index contributed by atoms with van der Waals surface area (Å²) in [6, 6.07) is 6.28. The number of aliphatic hydroxyl groups excluding tert-OH is 1. The van der Waals surface area contributed by atoms with E-state index in [0.29, 0.717) is 36.8 Å². The summed E-state index contributed by atoms with van der Waals surface area (Å²) in [7, 11) is 1.28. The molecule has 0 aliphatic heterocycles. The molecule has 0 saturated heterocycles. The smallest absolute Gasteiger partial charge is 0.200 e. The molecule has 0 bridgehead atoms. The van der Waals surface area contributed by atoms with E-state index in [0.717, 1.165) is 25.7 Å². The van der Waals surface area contributed by atoms with E-state index in [9.17, 15) is 18.3 Å². The van der Waals surface area contributed by atoms with Crippen molar-refractivity contribution in [3.8, 4) is 5.75 Å². The van der Waals surface area contributed by atoms with Crippen LogP contribution in [0.2, 0.25) is 0 Å². The van der Waals surface area contributed by atoms with Crippen molar-refractivity contribution in [2.24, 2.45) is 5.92 Å². The van der Waals surface area contributed by atoms with Crippen LogP contribution >= 0.6 is 0 Å². The van der Waals surface area contributed by atoms with E-state index in [4.69, 9.17) is 9.47 Å². The molecule has 2 aromatic rings. The lowest BCUT2D eigenvalue weighted by Crippen LogP contribution is -2.22. The van der Waals surface area contributed by atoms with Gasteiger partial charge in [0, 0.05) is 12.2 Å². The first-order chi connectivity index (χ1) is 16.4. The van der Waals surface area contributed by atoms with Crippen LogP contribution in [0.15, 0.2) is 24.3 Å². The first-order valence-electron chi connectivity index (χ1n) is 12.1. The van der Waals surface area contributed by atoms with Gasteiger partial charge in [0.2, 0.25) is 5.82 Å². The largest absolute Gasteiger partial charge is 0.494 e. The van der Waals surface area contributed by atoms with Gasteiger partial charge in [-0.2, -0.15) is 4.39 Å². The number of benzene rings is 2. The molecule has 2 aliphatic rings. The molecule has 0 amide bonds. The van der Waals surface area contributed by atoms with Gasteiger partial charge in [0.05, 0.1) is 19.8 Å². The molecule has 2 aliphatic carbocycles. The fourth-order valence-corrected chi connectivity index (χ4v) is 5.45. The molecule has 4 rings (SSSR count). The number of hydrogen-bond acceptors (Lipinski definition) is 3. The van der Waals surface area contributed by atoms with E-state index in [1.807, 2.05) is 0 Å². The molecule has 186 valence electrons. The molecule has 0 aromatic heterocycles. The third kappa shape index (κ3) is 5.25. The maximum atomic E-state index is 15.0. The van der Waals surface area contributed by atoms with Crippen LogP contribution in [0.1, 0.15) is 79.9 Å². The Morgan fingerprint density at radius 3 is 1.82 bits per heavy atom. The van der Waals surface area contributed by atoms with Crippen LogP contribution in [-0.4, -0.2) is 24.9 Å². The first kappa shape index (κ1) is 25.0. The second-order valence-electron chi connectivity index (χ2n) is 9.61. The topological polar surface area (TPSA) is 38.7 Å². The van der Waals surface area contributed by atoms with Gasteiger partial charge in [-0.05, 0) is 92.4 Å². The van der Waals surface area contributed by atoms with Gasteiger partial charge in [-0.3, -0.25) is 0 Å². The van der Waals surface area contributed by atoms with Gasteiger partial charge < -0.3 is 14.6 Å². The fraction of sp³-hybridized carbons (Fsp3) is 0.556. The number of aliphatic hydroxyl groups is 1. The molecule has 7 heteroatoms. The first-order valence-corrected chi connectivity index (χ1v) is 12.1. The van der Waals surface area contributed by atoms with Crippen LogP contribution in [0.3, 0.4) is 0 Å². The Balaban J connectivity index is 1.33. The van der Waals surface area contributed by atoms with Crippen molar-refractivity contribution in [1.29, 1.82) is 0 Å². The highest BCUT2D eigenvalue weighted by molar-refractivity contribution is 5.32. The number of ether oxygens (including phenoxy) is 2. The zero-order chi connectivity index (χ0) is 24.2. The molecule has 0 radical (unpaired) electrons. The predicted octanol–water partition coefficient (Wildman–Crippen LogP) is 6.76. The van der Waals surface area contributed by atoms with E-state index in [-0.39, 0.29) is 48.4 Å². The minimum Gasteiger partial charge on any atom is -0.494 e. The van der Waals surface area contributed by atoms with E-state index in [1.165, 1.54) is 19.2 Å². The molecule has 3 nitrogen and oxygen atoms in total. The predicted molar refractivity (Wildman–Crippen MR) is 121 cm³/mol. The van der Waals surface area contributed by atoms with Crippen LogP contribution in [0, 0.1) is 29.2 Å². The lowest BCUT2D eigenvalue weighted by molar-refractivity contribution is 0.0116. The van der Waals surface area contributed by atoms with Crippen molar-refractivity contribution in [3.63, 3.8) is 0 Å². The molecular weight excluding hydrogens is 448 g/mol. The standard InChI is InChI=1S/C27H32F4O3/c1-33-23-13-8-19(24(28)27(23)31)15-34-20-9-6-18(7-10-20)22-12-11-21(25(29)26(22)30)17-4-2-16(14-32)3-5-17/h8,11-13,16-18,20,32H,2-7,9-10,14-15H2,1H3. The molecule has 34 heavy (non-hydrogen) atoms. The Morgan fingerprint density at radius 1 is 0.735 bits per heavy atom. The van der Waals surface area contributed by atoms with Crippen LogP contribution in [0.4, 0.5) is 17.6 Å². The van der Waals surface area contributed by atoms with Crippen molar-refractivity contribution >= 4 is 0 Å². The minimum absolute atomic E-state index is 0.00123. The third-order valence-corrected chi connectivity index (χ3v) is 7.62. The van der Waals surface area contributed by atoms with Crippen molar-refractivity contribution < 1.29 is 32.1 Å². The molecule has 2 fully saturated rings. The zero-order valence-corrected chi connectivity index (χ0v) is 19.5. The van der Waals surface area contributed by atoms with Crippen molar-refractivity contribution in [3.05, 3.63) is 64.2 Å². The van der Waals surface area contributed by atoms with E-state index >= 15 is 4.39 Å². The van der Waals surface area contributed by atoms with Crippen LogP contribution < -0.4 is 4.74 Å². The summed E-state index contributed by atoms with van der Waals surface area (Å²) in [6.45, 7) is 0.0963. The molecular formula is C27H32F4O3. The Bertz CT molecular complexity index is 980. The molecule has 0 spiro atoms. The van der Waals surface area contributed by atoms with Crippen molar-refractivity contribution in [1.82, 2.24) is 0 Å². The quantitative estimate of drug-likeness (QED) is 0.445. The summed E-state index contributed by atoms with van der Waals surface area (Å²) in [6.07, 6.45) is 5.61. The Morgan fingerprint density at radius 2 is 1.29 bits per heavy atom. The van der Waals surface area contributed by atoms with Gasteiger partial charge in [-0.25, -0.2) is 13.2 Å². The maximum Gasteiger partial charge on any atom is 0.200 e. The summed E-state index contributed by atoms with van der Waals surface area (Å²) in [5, 5.41) is 9.30. The molecule has 0 atom stereocenters. The number of methoxy groups -OCH3 is 1. The lowest BCUT2D eigenvalue weighted by Gasteiger charge is -2.30. The monoisotopic (exact) mass is 480 g/mol. The molecule has 0 heterocycles. The van der Waals surface area contributed by atoms with Gasteiger partial charge in [0.25, 0.3) is 0 Å². The number of hydrogen-bond donors (Lipinski definition) is 1. The van der Waals surface area contributed by atoms with Gasteiger partial charge in [0.1, 0.15) is 0 Å². The number of rotatable bonds is 7. The highest BCUT2D eigenvalue weighted by Gasteiger charge is 2.30.